The molecule has 2 atom stereocenters. The van der Waals surface area contributed by atoms with Gasteiger partial charge in [-0.2, -0.15) is 0 Å². The summed E-state index contributed by atoms with van der Waals surface area (Å²) in [5.41, 5.74) is 8.50. The van der Waals surface area contributed by atoms with E-state index in [1.807, 2.05) is 0 Å². The minimum atomic E-state index is -0.401. The normalized spacial score (nSPS) is 20.9. The lowest BCUT2D eigenvalue weighted by molar-refractivity contribution is 0.0356. The van der Waals surface area contributed by atoms with Gasteiger partial charge in [0.25, 0.3) is 5.91 Å². The molecular formula is C26H38ClN7O2. The lowest BCUT2D eigenvalue weighted by Crippen LogP contribution is -2.58. The second-order valence-corrected chi connectivity index (χ2v) is 10.1. The van der Waals surface area contributed by atoms with Crippen molar-refractivity contribution in [3.63, 3.8) is 0 Å². The molecule has 2 saturated heterocycles. The number of aliphatic hydroxyl groups excluding tert-OH is 1. The Bertz CT molecular complexity index is 1040. The molecule has 4 N–H and O–H groups in total. The second kappa shape index (κ2) is 11.7. The minimum absolute atomic E-state index is 0.0503. The van der Waals surface area contributed by atoms with E-state index in [2.05, 4.69) is 68.1 Å². The number of halogens is 1. The van der Waals surface area contributed by atoms with Crippen LogP contribution in [0.25, 0.3) is 0 Å². The highest BCUT2D eigenvalue weighted by Crippen LogP contribution is 2.31. The molecule has 0 spiro atoms. The van der Waals surface area contributed by atoms with Crippen LogP contribution in [-0.4, -0.2) is 89.2 Å². The fraction of sp³-hybridized carbons (Fsp3) is 0.577. The minimum Gasteiger partial charge on any atom is -0.394 e. The van der Waals surface area contributed by atoms with E-state index in [1.54, 1.807) is 0 Å². The molecule has 0 bridgehead atoms. The number of nitrogen functional groups attached to an aromatic ring is 1. The Kier molecular flexibility index (Phi) is 8.66. The zero-order valence-corrected chi connectivity index (χ0v) is 22.2. The van der Waals surface area contributed by atoms with E-state index in [0.29, 0.717) is 17.9 Å². The van der Waals surface area contributed by atoms with Gasteiger partial charge in [0.15, 0.2) is 22.5 Å². The molecule has 2 fully saturated rings. The van der Waals surface area contributed by atoms with Gasteiger partial charge in [0.05, 0.1) is 12.6 Å². The van der Waals surface area contributed by atoms with Crippen molar-refractivity contribution in [1.29, 1.82) is 0 Å². The SMILES string of the molecule is CC[C@H]1CN(c2nc(N)c(C(=O)NC)nc2Cl)CCN1C1CCN([C@@H](CO)c2ccc(C)cc2)CC1. The third kappa shape index (κ3) is 5.59. The van der Waals surface area contributed by atoms with E-state index in [9.17, 15) is 9.90 Å². The summed E-state index contributed by atoms with van der Waals surface area (Å²) in [5.74, 6) is 0.226. The Balaban J connectivity index is 1.40. The van der Waals surface area contributed by atoms with Crippen LogP contribution in [0.2, 0.25) is 5.15 Å². The molecule has 0 aliphatic carbocycles. The number of anilines is 2. The average Bonchev–Trinajstić information content (AvgIpc) is 2.91. The molecule has 1 aromatic carbocycles. The molecule has 2 aromatic rings. The third-order valence-electron chi connectivity index (χ3n) is 7.65. The molecule has 0 unspecified atom stereocenters. The van der Waals surface area contributed by atoms with Crippen LogP contribution in [0.1, 0.15) is 53.8 Å². The summed E-state index contributed by atoms with van der Waals surface area (Å²) in [6, 6.07) is 9.42. The number of hydrogen-bond acceptors (Lipinski definition) is 8. The predicted molar refractivity (Wildman–Crippen MR) is 143 cm³/mol. The molecule has 0 saturated carbocycles. The van der Waals surface area contributed by atoms with Gasteiger partial charge in [-0.25, -0.2) is 9.97 Å². The number of carbonyl (C=O) groups excluding carboxylic acids is 1. The van der Waals surface area contributed by atoms with Gasteiger partial charge in [0, 0.05) is 51.9 Å². The molecular weight excluding hydrogens is 478 g/mol. The quantitative estimate of drug-likeness (QED) is 0.516. The second-order valence-electron chi connectivity index (χ2n) is 9.77. The topological polar surface area (TPSA) is 111 Å². The van der Waals surface area contributed by atoms with Crippen molar-refractivity contribution in [1.82, 2.24) is 25.1 Å². The number of aryl methyl sites for hydroxylation is 1. The summed E-state index contributed by atoms with van der Waals surface area (Å²) in [4.78, 5) is 27.8. The van der Waals surface area contributed by atoms with Crippen molar-refractivity contribution >= 4 is 29.1 Å². The summed E-state index contributed by atoms with van der Waals surface area (Å²) < 4.78 is 0. The van der Waals surface area contributed by atoms with Crippen molar-refractivity contribution in [2.24, 2.45) is 0 Å². The maximum Gasteiger partial charge on any atom is 0.273 e. The number of likely N-dealkylation sites (tertiary alicyclic amines) is 1. The predicted octanol–water partition coefficient (Wildman–Crippen LogP) is 2.48. The molecule has 1 amide bonds. The summed E-state index contributed by atoms with van der Waals surface area (Å²) >= 11 is 6.44. The third-order valence-corrected chi connectivity index (χ3v) is 7.90. The first kappa shape index (κ1) is 26.6. The van der Waals surface area contributed by atoms with Gasteiger partial charge in [-0.3, -0.25) is 14.6 Å². The van der Waals surface area contributed by atoms with Crippen LogP contribution in [0.3, 0.4) is 0 Å². The van der Waals surface area contributed by atoms with E-state index < -0.39 is 5.91 Å². The molecule has 0 radical (unpaired) electrons. The largest absolute Gasteiger partial charge is 0.394 e. The number of aliphatic hydroxyl groups is 1. The standard InChI is InChI=1S/C26H38ClN7O2/c1-4-19-15-33(25-23(27)30-22(24(28)31-25)26(36)29-3)13-14-34(19)20-9-11-32(12-10-20)21(16-35)18-7-5-17(2)6-8-18/h5-8,19-21,35H,4,9-16H2,1-3H3,(H2,28,31)(H,29,36)/t19-,21-/m0/s1. The zero-order chi connectivity index (χ0) is 25.8. The van der Waals surface area contributed by atoms with E-state index in [0.717, 1.165) is 52.0 Å². The molecule has 196 valence electrons. The van der Waals surface area contributed by atoms with Crippen molar-refractivity contribution in [2.45, 2.75) is 51.2 Å². The summed E-state index contributed by atoms with van der Waals surface area (Å²) in [7, 11) is 1.52. The monoisotopic (exact) mass is 515 g/mol. The maximum atomic E-state index is 12.0. The Morgan fingerprint density at radius 3 is 2.50 bits per heavy atom. The van der Waals surface area contributed by atoms with E-state index in [-0.39, 0.29) is 29.3 Å². The summed E-state index contributed by atoms with van der Waals surface area (Å²) in [6.45, 7) is 8.82. The smallest absolute Gasteiger partial charge is 0.273 e. The number of aromatic nitrogens is 2. The average molecular weight is 516 g/mol. The number of piperazine rings is 1. The maximum absolute atomic E-state index is 12.0. The molecule has 4 rings (SSSR count). The van der Waals surface area contributed by atoms with Gasteiger partial charge in [0.2, 0.25) is 0 Å². The highest BCUT2D eigenvalue weighted by Gasteiger charge is 2.35. The molecule has 36 heavy (non-hydrogen) atoms. The van der Waals surface area contributed by atoms with Crippen LogP contribution < -0.4 is 16.0 Å². The van der Waals surface area contributed by atoms with Crippen LogP contribution in [0.15, 0.2) is 24.3 Å². The zero-order valence-electron chi connectivity index (χ0n) is 21.5. The Hall–Kier alpha value is -2.46. The number of nitrogens with zero attached hydrogens (tertiary/aromatic N) is 5. The fourth-order valence-electron chi connectivity index (χ4n) is 5.56. The summed E-state index contributed by atoms with van der Waals surface area (Å²) in [6.07, 6.45) is 3.16. The van der Waals surface area contributed by atoms with E-state index >= 15 is 0 Å². The number of benzene rings is 1. The van der Waals surface area contributed by atoms with Crippen molar-refractivity contribution in [3.8, 4) is 0 Å². The van der Waals surface area contributed by atoms with Gasteiger partial charge in [-0.1, -0.05) is 48.4 Å². The van der Waals surface area contributed by atoms with E-state index in [4.69, 9.17) is 17.3 Å². The Labute approximate surface area is 218 Å². The molecule has 2 aliphatic heterocycles. The van der Waals surface area contributed by atoms with Gasteiger partial charge < -0.3 is 21.1 Å². The van der Waals surface area contributed by atoms with Crippen molar-refractivity contribution in [3.05, 3.63) is 46.2 Å². The van der Waals surface area contributed by atoms with Crippen molar-refractivity contribution in [2.75, 3.05) is 57.0 Å². The van der Waals surface area contributed by atoms with Crippen LogP contribution in [-0.2, 0) is 0 Å². The molecule has 1 aromatic heterocycles. The Morgan fingerprint density at radius 1 is 1.19 bits per heavy atom. The number of nitrogens with one attached hydrogen (secondary N) is 1. The van der Waals surface area contributed by atoms with Gasteiger partial charge >= 0.3 is 0 Å². The lowest BCUT2D eigenvalue weighted by atomic mass is 9.95. The molecule has 10 heteroatoms. The number of hydrogen-bond donors (Lipinski definition) is 3. The van der Waals surface area contributed by atoms with Crippen LogP contribution in [0, 0.1) is 6.92 Å². The highest BCUT2D eigenvalue weighted by molar-refractivity contribution is 6.32. The number of piperidine rings is 1. The molecule has 9 nitrogen and oxygen atoms in total. The van der Waals surface area contributed by atoms with Crippen LogP contribution in [0.5, 0.6) is 0 Å². The number of rotatable bonds is 7. The van der Waals surface area contributed by atoms with Crippen LogP contribution >= 0.6 is 11.6 Å². The Morgan fingerprint density at radius 2 is 1.89 bits per heavy atom. The first-order valence-corrected chi connectivity index (χ1v) is 13.2. The first-order chi connectivity index (χ1) is 17.4. The molecule has 3 heterocycles. The van der Waals surface area contributed by atoms with Crippen molar-refractivity contribution < 1.29 is 9.90 Å². The van der Waals surface area contributed by atoms with Gasteiger partial charge in [0.1, 0.15) is 0 Å². The number of amides is 1. The van der Waals surface area contributed by atoms with Crippen LogP contribution in [0.4, 0.5) is 11.6 Å². The first-order valence-electron chi connectivity index (χ1n) is 12.8. The molecule has 2 aliphatic rings. The summed E-state index contributed by atoms with van der Waals surface area (Å²) in [5, 5.41) is 12.8. The number of carbonyl (C=O) groups is 1. The number of nitrogens with two attached hydrogens (primary N) is 1. The van der Waals surface area contributed by atoms with E-state index in [1.165, 1.54) is 18.2 Å². The lowest BCUT2D eigenvalue weighted by Gasteiger charge is -2.48. The van der Waals surface area contributed by atoms with Gasteiger partial charge in [-0.15, -0.1) is 0 Å². The highest BCUT2D eigenvalue weighted by atomic mass is 35.5. The fourth-order valence-corrected chi connectivity index (χ4v) is 5.81. The van der Waals surface area contributed by atoms with Gasteiger partial charge in [-0.05, 0) is 31.7 Å².